The highest BCUT2D eigenvalue weighted by atomic mass is 79.9. The highest BCUT2D eigenvalue weighted by Gasteiger charge is 1.96. The van der Waals surface area contributed by atoms with E-state index in [2.05, 4.69) is 44.0 Å². The minimum Gasteiger partial charge on any atom is -0.377 e. The molecular formula is C9H10Br2O. The molecule has 1 aromatic rings. The Morgan fingerprint density at radius 1 is 1.17 bits per heavy atom. The summed E-state index contributed by atoms with van der Waals surface area (Å²) in [5.74, 6) is 0. The second-order valence-electron chi connectivity index (χ2n) is 2.41. The van der Waals surface area contributed by atoms with E-state index in [1.165, 1.54) is 5.56 Å². The Morgan fingerprint density at radius 2 is 1.75 bits per heavy atom. The van der Waals surface area contributed by atoms with Crippen LogP contribution >= 0.6 is 31.9 Å². The number of hydrogen-bond acceptors (Lipinski definition) is 1. The zero-order valence-electron chi connectivity index (χ0n) is 6.81. The van der Waals surface area contributed by atoms with Gasteiger partial charge in [0.15, 0.2) is 0 Å². The molecule has 0 unspecified atom stereocenters. The molecule has 12 heavy (non-hydrogen) atoms. The summed E-state index contributed by atoms with van der Waals surface area (Å²) in [4.78, 5) is 0. The van der Waals surface area contributed by atoms with Crippen molar-refractivity contribution in [3.05, 3.63) is 32.7 Å². The number of ether oxygens (including phenoxy) is 1. The Balaban J connectivity index is 2.72. The van der Waals surface area contributed by atoms with Crippen LogP contribution in [0.3, 0.4) is 0 Å². The van der Waals surface area contributed by atoms with E-state index in [0.717, 1.165) is 15.6 Å². The van der Waals surface area contributed by atoms with Crippen LogP contribution in [0.4, 0.5) is 0 Å². The SMILES string of the molecule is CCOCc1cc(Br)cc(Br)c1. The first-order valence-corrected chi connectivity index (χ1v) is 5.33. The Morgan fingerprint density at radius 3 is 2.25 bits per heavy atom. The lowest BCUT2D eigenvalue weighted by Crippen LogP contribution is -1.91. The van der Waals surface area contributed by atoms with Crippen molar-refractivity contribution in [3.8, 4) is 0 Å². The maximum absolute atomic E-state index is 5.29. The molecule has 0 heterocycles. The summed E-state index contributed by atoms with van der Waals surface area (Å²) in [6.45, 7) is 3.42. The van der Waals surface area contributed by atoms with E-state index in [1.54, 1.807) is 0 Å². The molecule has 0 aromatic heterocycles. The van der Waals surface area contributed by atoms with Crippen LogP contribution in [0.15, 0.2) is 27.1 Å². The fourth-order valence-corrected chi connectivity index (χ4v) is 2.30. The van der Waals surface area contributed by atoms with Gasteiger partial charge in [-0.2, -0.15) is 0 Å². The Labute approximate surface area is 89.4 Å². The van der Waals surface area contributed by atoms with Crippen molar-refractivity contribution in [2.24, 2.45) is 0 Å². The summed E-state index contributed by atoms with van der Waals surface area (Å²) >= 11 is 6.84. The van der Waals surface area contributed by atoms with Crippen LogP contribution in [0.2, 0.25) is 0 Å². The Kier molecular flexibility index (Phi) is 4.26. The fraction of sp³-hybridized carbons (Fsp3) is 0.333. The van der Waals surface area contributed by atoms with Gasteiger partial charge in [-0.3, -0.25) is 0 Å². The van der Waals surface area contributed by atoms with Crippen molar-refractivity contribution >= 4 is 31.9 Å². The van der Waals surface area contributed by atoms with Gasteiger partial charge in [-0.1, -0.05) is 31.9 Å². The summed E-state index contributed by atoms with van der Waals surface area (Å²) in [6.07, 6.45) is 0. The lowest BCUT2D eigenvalue weighted by atomic mass is 10.2. The van der Waals surface area contributed by atoms with Crippen molar-refractivity contribution < 1.29 is 4.74 Å². The number of hydrogen-bond donors (Lipinski definition) is 0. The monoisotopic (exact) mass is 292 g/mol. The molecule has 0 amide bonds. The zero-order chi connectivity index (χ0) is 8.97. The highest BCUT2D eigenvalue weighted by Crippen LogP contribution is 2.20. The highest BCUT2D eigenvalue weighted by molar-refractivity contribution is 9.11. The molecule has 0 N–H and O–H groups in total. The van der Waals surface area contributed by atoms with Gasteiger partial charge in [-0.25, -0.2) is 0 Å². The number of benzene rings is 1. The van der Waals surface area contributed by atoms with Crippen molar-refractivity contribution in [2.75, 3.05) is 6.61 Å². The second kappa shape index (κ2) is 5.00. The molecular weight excluding hydrogens is 284 g/mol. The first-order valence-electron chi connectivity index (χ1n) is 3.75. The molecule has 3 heteroatoms. The van der Waals surface area contributed by atoms with Crippen LogP contribution < -0.4 is 0 Å². The van der Waals surface area contributed by atoms with Crippen molar-refractivity contribution in [3.63, 3.8) is 0 Å². The number of rotatable bonds is 3. The fourth-order valence-electron chi connectivity index (χ4n) is 0.914. The third kappa shape index (κ3) is 3.25. The summed E-state index contributed by atoms with van der Waals surface area (Å²) in [5, 5.41) is 0. The third-order valence-electron chi connectivity index (χ3n) is 1.40. The second-order valence-corrected chi connectivity index (χ2v) is 4.25. The normalized spacial score (nSPS) is 10.2. The molecule has 0 saturated heterocycles. The van der Waals surface area contributed by atoms with Gasteiger partial charge < -0.3 is 4.74 Å². The van der Waals surface area contributed by atoms with Crippen LogP contribution in [0, 0.1) is 0 Å². The minimum absolute atomic E-state index is 0.675. The van der Waals surface area contributed by atoms with Gasteiger partial charge in [-0.15, -0.1) is 0 Å². The van der Waals surface area contributed by atoms with Crippen LogP contribution in [0.1, 0.15) is 12.5 Å². The van der Waals surface area contributed by atoms with Crippen molar-refractivity contribution in [1.82, 2.24) is 0 Å². The molecule has 0 aliphatic carbocycles. The van der Waals surface area contributed by atoms with Gasteiger partial charge >= 0.3 is 0 Å². The molecule has 1 aromatic carbocycles. The maximum Gasteiger partial charge on any atom is 0.0717 e. The zero-order valence-corrected chi connectivity index (χ0v) is 9.98. The van der Waals surface area contributed by atoms with Gasteiger partial charge in [0.25, 0.3) is 0 Å². The summed E-state index contributed by atoms with van der Waals surface area (Å²) in [6, 6.07) is 6.12. The van der Waals surface area contributed by atoms with E-state index in [9.17, 15) is 0 Å². The molecule has 0 radical (unpaired) electrons. The van der Waals surface area contributed by atoms with Crippen LogP contribution in [-0.2, 0) is 11.3 Å². The van der Waals surface area contributed by atoms with E-state index in [-0.39, 0.29) is 0 Å². The van der Waals surface area contributed by atoms with Gasteiger partial charge in [0.05, 0.1) is 6.61 Å². The molecule has 0 saturated carbocycles. The Hall–Kier alpha value is 0.140. The quantitative estimate of drug-likeness (QED) is 0.825. The maximum atomic E-state index is 5.29. The molecule has 1 nitrogen and oxygen atoms in total. The lowest BCUT2D eigenvalue weighted by Gasteiger charge is -2.02. The predicted octanol–water partition coefficient (Wildman–Crippen LogP) is 3.75. The summed E-state index contributed by atoms with van der Waals surface area (Å²) < 4.78 is 7.44. The molecule has 0 spiro atoms. The van der Waals surface area contributed by atoms with Gasteiger partial charge in [0.2, 0.25) is 0 Å². The van der Waals surface area contributed by atoms with Gasteiger partial charge in [0.1, 0.15) is 0 Å². The summed E-state index contributed by atoms with van der Waals surface area (Å²) in [7, 11) is 0. The molecule has 0 aliphatic heterocycles. The van der Waals surface area contributed by atoms with E-state index < -0.39 is 0 Å². The van der Waals surface area contributed by atoms with Gasteiger partial charge in [-0.05, 0) is 30.7 Å². The largest absolute Gasteiger partial charge is 0.377 e. The van der Waals surface area contributed by atoms with E-state index >= 15 is 0 Å². The molecule has 0 bridgehead atoms. The average Bonchev–Trinajstić information content (AvgIpc) is 1.99. The van der Waals surface area contributed by atoms with Crippen molar-refractivity contribution in [2.45, 2.75) is 13.5 Å². The average molecular weight is 294 g/mol. The smallest absolute Gasteiger partial charge is 0.0717 e. The van der Waals surface area contributed by atoms with E-state index in [4.69, 9.17) is 4.74 Å². The van der Waals surface area contributed by atoms with E-state index in [0.29, 0.717) is 6.61 Å². The Bertz CT molecular complexity index is 240. The third-order valence-corrected chi connectivity index (χ3v) is 2.31. The minimum atomic E-state index is 0.675. The first-order chi connectivity index (χ1) is 5.72. The summed E-state index contributed by atoms with van der Waals surface area (Å²) in [5.41, 5.74) is 1.18. The first kappa shape index (κ1) is 10.2. The predicted molar refractivity (Wildman–Crippen MR) is 57.2 cm³/mol. The van der Waals surface area contributed by atoms with Crippen LogP contribution in [0.25, 0.3) is 0 Å². The topological polar surface area (TPSA) is 9.23 Å². The van der Waals surface area contributed by atoms with Crippen molar-refractivity contribution in [1.29, 1.82) is 0 Å². The molecule has 66 valence electrons. The van der Waals surface area contributed by atoms with Crippen LogP contribution in [0.5, 0.6) is 0 Å². The molecule has 1 rings (SSSR count). The number of halogens is 2. The molecule has 0 aliphatic rings. The lowest BCUT2D eigenvalue weighted by molar-refractivity contribution is 0.134. The molecule has 0 atom stereocenters. The van der Waals surface area contributed by atoms with Gasteiger partial charge in [0, 0.05) is 15.6 Å². The van der Waals surface area contributed by atoms with E-state index in [1.807, 2.05) is 13.0 Å². The molecule has 0 fully saturated rings. The standard InChI is InChI=1S/C9H10Br2O/c1-2-12-6-7-3-8(10)5-9(11)4-7/h3-5H,2,6H2,1H3. The van der Waals surface area contributed by atoms with Crippen LogP contribution in [-0.4, -0.2) is 6.61 Å².